The van der Waals surface area contributed by atoms with Crippen LogP contribution in [0, 0.1) is 0 Å². The molecule has 1 fully saturated rings. The van der Waals surface area contributed by atoms with Gasteiger partial charge in [-0.15, -0.1) is 0 Å². The topological polar surface area (TPSA) is 81.8 Å². The van der Waals surface area contributed by atoms with Gasteiger partial charge in [0, 0.05) is 49.7 Å². The predicted octanol–water partition coefficient (Wildman–Crippen LogP) is 4.01. The molecule has 7 nitrogen and oxygen atoms in total. The molecule has 0 bridgehead atoms. The van der Waals surface area contributed by atoms with Gasteiger partial charge in [-0.1, -0.05) is 69.3 Å². The van der Waals surface area contributed by atoms with Crippen LogP contribution in [0.25, 0.3) is 0 Å². The molecule has 1 saturated heterocycles. The van der Waals surface area contributed by atoms with E-state index in [4.69, 9.17) is 0 Å². The predicted molar refractivity (Wildman–Crippen MR) is 156 cm³/mol. The van der Waals surface area contributed by atoms with E-state index in [2.05, 4.69) is 48.4 Å². The van der Waals surface area contributed by atoms with Crippen LogP contribution in [0.2, 0.25) is 0 Å². The fourth-order valence-electron chi connectivity index (χ4n) is 5.60. The number of piperidine rings is 1. The average molecular weight is 543 g/mol. The van der Waals surface area contributed by atoms with Crippen LogP contribution in [-0.4, -0.2) is 74.6 Å². The van der Waals surface area contributed by atoms with E-state index >= 15 is 0 Å². The Labute approximate surface area is 230 Å². The number of hydrogen-bond donors (Lipinski definition) is 2. The zero-order valence-corrected chi connectivity index (χ0v) is 24.4. The zero-order valence-electron chi connectivity index (χ0n) is 23.6. The lowest BCUT2D eigenvalue weighted by Gasteiger charge is -2.45. The van der Waals surface area contributed by atoms with Crippen molar-refractivity contribution in [2.24, 2.45) is 0 Å². The lowest BCUT2D eigenvalue weighted by atomic mass is 9.68. The molecule has 0 radical (unpaired) electrons. The van der Waals surface area contributed by atoms with E-state index in [0.29, 0.717) is 44.5 Å². The fourth-order valence-corrected chi connectivity index (χ4v) is 7.11. The van der Waals surface area contributed by atoms with Crippen LogP contribution < -0.4 is 10.6 Å². The summed E-state index contributed by atoms with van der Waals surface area (Å²) in [5.74, 6) is 0.0900. The van der Waals surface area contributed by atoms with Crippen molar-refractivity contribution in [1.82, 2.24) is 19.8 Å². The van der Waals surface area contributed by atoms with Gasteiger partial charge >= 0.3 is 0 Å². The Balaban J connectivity index is 1.74. The first kappa shape index (κ1) is 30.3. The summed E-state index contributed by atoms with van der Waals surface area (Å²) >= 11 is 0. The van der Waals surface area contributed by atoms with Crippen molar-refractivity contribution in [1.29, 1.82) is 0 Å². The van der Waals surface area contributed by atoms with Gasteiger partial charge in [0.25, 0.3) is 5.91 Å². The minimum absolute atomic E-state index is 0.0880. The Morgan fingerprint density at radius 1 is 1.00 bits per heavy atom. The van der Waals surface area contributed by atoms with Gasteiger partial charge in [-0.3, -0.25) is 4.79 Å². The fraction of sp³-hybridized carbons (Fsp3) is 0.567. The molecule has 210 valence electrons. The minimum atomic E-state index is -3.25. The third kappa shape index (κ3) is 7.44. The standard InChI is InChI=1S/C30H46N4O3S/c1-5-23-38(36,37)34-20-17-30(18-21-34,27-14-9-8-10-15-27)25(4)32-29(35)28-16-12-11-13-26(28)24-31-19-22-33(6-2)7-3/h8-16,25,31H,5-7,17-24H2,1-4H3,(H,32,35)/t25-/m0/s1. The van der Waals surface area contributed by atoms with E-state index in [0.717, 1.165) is 37.3 Å². The first-order valence-corrected chi connectivity index (χ1v) is 15.7. The smallest absolute Gasteiger partial charge is 0.251 e. The summed E-state index contributed by atoms with van der Waals surface area (Å²) in [7, 11) is -3.25. The summed E-state index contributed by atoms with van der Waals surface area (Å²) in [5, 5.41) is 6.80. The Bertz CT molecular complexity index is 1110. The molecule has 3 rings (SSSR count). The highest BCUT2D eigenvalue weighted by atomic mass is 32.2. The van der Waals surface area contributed by atoms with E-state index in [1.807, 2.05) is 49.4 Å². The molecule has 0 spiro atoms. The number of nitrogens with zero attached hydrogens (tertiary/aromatic N) is 2. The van der Waals surface area contributed by atoms with Crippen molar-refractivity contribution in [2.75, 3.05) is 45.0 Å². The van der Waals surface area contributed by atoms with Gasteiger partial charge in [-0.25, -0.2) is 12.7 Å². The maximum atomic E-state index is 13.6. The number of likely N-dealkylation sites (N-methyl/N-ethyl adjacent to an activating group) is 1. The zero-order chi connectivity index (χ0) is 27.6. The van der Waals surface area contributed by atoms with Crippen molar-refractivity contribution in [3.63, 3.8) is 0 Å². The van der Waals surface area contributed by atoms with Crippen LogP contribution in [0.15, 0.2) is 54.6 Å². The number of nitrogens with one attached hydrogen (secondary N) is 2. The average Bonchev–Trinajstić information content (AvgIpc) is 2.93. The third-order valence-corrected chi connectivity index (χ3v) is 10.1. The summed E-state index contributed by atoms with van der Waals surface area (Å²) in [6, 6.07) is 17.8. The second kappa shape index (κ2) is 14.2. The summed E-state index contributed by atoms with van der Waals surface area (Å²) in [6.45, 7) is 13.7. The Kier molecular flexibility index (Phi) is 11.3. The van der Waals surface area contributed by atoms with Gasteiger partial charge in [-0.2, -0.15) is 0 Å². The molecular formula is C30H46N4O3S. The molecule has 2 N–H and O–H groups in total. The van der Waals surface area contributed by atoms with Crippen molar-refractivity contribution in [3.05, 3.63) is 71.3 Å². The third-order valence-electron chi connectivity index (χ3n) is 8.07. The molecule has 0 aliphatic carbocycles. The molecule has 0 aromatic heterocycles. The van der Waals surface area contributed by atoms with E-state index in [1.165, 1.54) is 0 Å². The molecule has 1 aliphatic heterocycles. The summed E-state index contributed by atoms with van der Waals surface area (Å²) in [5.41, 5.74) is 2.46. The van der Waals surface area contributed by atoms with Crippen LogP contribution in [0.3, 0.4) is 0 Å². The molecule has 1 atom stereocenters. The molecule has 38 heavy (non-hydrogen) atoms. The molecular weight excluding hydrogens is 496 g/mol. The van der Waals surface area contributed by atoms with Crippen LogP contribution in [-0.2, 0) is 22.0 Å². The molecule has 1 heterocycles. The number of hydrogen-bond acceptors (Lipinski definition) is 5. The molecule has 0 saturated carbocycles. The number of sulfonamides is 1. The van der Waals surface area contributed by atoms with Crippen molar-refractivity contribution in [2.45, 2.75) is 65.0 Å². The molecule has 8 heteroatoms. The number of amides is 1. The first-order valence-electron chi connectivity index (χ1n) is 14.1. The molecule has 1 amide bonds. The van der Waals surface area contributed by atoms with Crippen LogP contribution >= 0.6 is 0 Å². The van der Waals surface area contributed by atoms with Crippen molar-refractivity contribution in [3.8, 4) is 0 Å². The van der Waals surface area contributed by atoms with Gasteiger partial charge in [-0.05, 0) is 56.5 Å². The Hall–Kier alpha value is -2.26. The highest BCUT2D eigenvalue weighted by Crippen LogP contribution is 2.39. The molecule has 2 aromatic carbocycles. The number of rotatable bonds is 14. The SMILES string of the molecule is CCCS(=O)(=O)N1CCC(c2ccccc2)([C@H](C)NC(=O)c2ccccc2CNCCN(CC)CC)CC1. The van der Waals surface area contributed by atoms with Gasteiger partial charge in [0.05, 0.1) is 5.75 Å². The van der Waals surface area contributed by atoms with Crippen molar-refractivity contribution >= 4 is 15.9 Å². The summed E-state index contributed by atoms with van der Waals surface area (Å²) < 4.78 is 27.1. The van der Waals surface area contributed by atoms with Gasteiger partial charge in [0.15, 0.2) is 0 Å². The molecule has 1 aliphatic rings. The highest BCUT2D eigenvalue weighted by Gasteiger charge is 2.43. The minimum Gasteiger partial charge on any atom is -0.349 e. The molecule has 2 aromatic rings. The summed E-state index contributed by atoms with van der Waals surface area (Å²) in [6.07, 6.45) is 1.94. The van der Waals surface area contributed by atoms with Gasteiger partial charge in [0.1, 0.15) is 0 Å². The maximum absolute atomic E-state index is 13.6. The Morgan fingerprint density at radius 2 is 1.63 bits per heavy atom. The Morgan fingerprint density at radius 3 is 2.26 bits per heavy atom. The van der Waals surface area contributed by atoms with Crippen LogP contribution in [0.5, 0.6) is 0 Å². The second-order valence-corrected chi connectivity index (χ2v) is 12.4. The molecule has 0 unspecified atom stereocenters. The highest BCUT2D eigenvalue weighted by molar-refractivity contribution is 7.89. The van der Waals surface area contributed by atoms with E-state index < -0.39 is 10.0 Å². The number of carbonyl (C=O) groups is 1. The van der Waals surface area contributed by atoms with Crippen LogP contribution in [0.1, 0.15) is 68.4 Å². The largest absolute Gasteiger partial charge is 0.349 e. The number of carbonyl (C=O) groups excluding carboxylic acids is 1. The monoisotopic (exact) mass is 542 g/mol. The van der Waals surface area contributed by atoms with Crippen molar-refractivity contribution < 1.29 is 13.2 Å². The quantitative estimate of drug-likeness (QED) is 0.353. The van der Waals surface area contributed by atoms with E-state index in [-0.39, 0.29) is 23.1 Å². The van der Waals surface area contributed by atoms with Crippen LogP contribution in [0.4, 0.5) is 0 Å². The number of benzene rings is 2. The normalized spacial score (nSPS) is 16.9. The summed E-state index contributed by atoms with van der Waals surface area (Å²) in [4.78, 5) is 16.0. The first-order chi connectivity index (χ1) is 18.3. The van der Waals surface area contributed by atoms with Gasteiger partial charge in [0.2, 0.25) is 10.0 Å². The van der Waals surface area contributed by atoms with Gasteiger partial charge < -0.3 is 15.5 Å². The van der Waals surface area contributed by atoms with E-state index in [1.54, 1.807) is 4.31 Å². The lowest BCUT2D eigenvalue weighted by Crippen LogP contribution is -2.55. The van der Waals surface area contributed by atoms with E-state index in [9.17, 15) is 13.2 Å². The lowest BCUT2D eigenvalue weighted by molar-refractivity contribution is 0.0894. The second-order valence-electron chi connectivity index (χ2n) is 10.3. The maximum Gasteiger partial charge on any atom is 0.251 e.